The first-order chi connectivity index (χ1) is 19.3. The number of rotatable bonds is 21. The highest BCUT2D eigenvalue weighted by Crippen LogP contribution is 2.34. The second-order valence-corrected chi connectivity index (χ2v) is 12.2. The van der Waals surface area contributed by atoms with E-state index in [1.165, 1.54) is 128 Å². The Labute approximate surface area is 241 Å². The molecule has 0 unspecified atom stereocenters. The summed E-state index contributed by atoms with van der Waals surface area (Å²) in [5.74, 6) is 3.68. The predicted octanol–water partition coefficient (Wildman–Crippen LogP) is 11.2. The summed E-state index contributed by atoms with van der Waals surface area (Å²) < 4.78 is 6.07. The predicted molar refractivity (Wildman–Crippen MR) is 167 cm³/mol. The molecule has 1 aromatic carbocycles. The normalized spacial score (nSPS) is 17.4. The Bertz CT molecular complexity index is 839. The lowest BCUT2D eigenvalue weighted by molar-refractivity contribution is 0.228. The molecule has 0 bridgehead atoms. The van der Waals surface area contributed by atoms with Crippen LogP contribution in [-0.2, 0) is 6.42 Å². The van der Waals surface area contributed by atoms with Crippen LogP contribution in [0.3, 0.4) is 0 Å². The molecular formula is C36H58N2O. The molecule has 39 heavy (non-hydrogen) atoms. The van der Waals surface area contributed by atoms with E-state index in [4.69, 9.17) is 4.74 Å². The maximum absolute atomic E-state index is 6.07. The highest BCUT2D eigenvalue weighted by molar-refractivity contribution is 5.55. The van der Waals surface area contributed by atoms with Gasteiger partial charge in [-0.1, -0.05) is 123 Å². The molecule has 1 saturated carbocycles. The second-order valence-electron chi connectivity index (χ2n) is 12.2. The number of hydrogen-bond acceptors (Lipinski definition) is 3. The van der Waals surface area contributed by atoms with Crippen LogP contribution in [0.1, 0.15) is 148 Å². The Morgan fingerprint density at radius 2 is 1.13 bits per heavy atom. The van der Waals surface area contributed by atoms with Gasteiger partial charge in [-0.25, -0.2) is 9.97 Å². The van der Waals surface area contributed by atoms with Crippen LogP contribution in [0.5, 0.6) is 5.75 Å². The SMILES string of the molecule is CCCCCCCCC[C@H]1CC[C@H](CCCOc2ccc(-c3ncc(CCCCCCCC)cn3)cc2)CC1. The molecule has 0 aliphatic heterocycles. The van der Waals surface area contributed by atoms with Crippen molar-refractivity contribution in [1.82, 2.24) is 9.97 Å². The van der Waals surface area contributed by atoms with E-state index in [0.717, 1.165) is 48.4 Å². The monoisotopic (exact) mass is 534 g/mol. The van der Waals surface area contributed by atoms with Crippen LogP contribution < -0.4 is 4.74 Å². The number of ether oxygens (including phenoxy) is 1. The Morgan fingerprint density at radius 1 is 0.615 bits per heavy atom. The Morgan fingerprint density at radius 3 is 1.72 bits per heavy atom. The van der Waals surface area contributed by atoms with Crippen LogP contribution >= 0.6 is 0 Å². The molecule has 1 fully saturated rings. The van der Waals surface area contributed by atoms with Crippen molar-refractivity contribution in [2.24, 2.45) is 11.8 Å². The van der Waals surface area contributed by atoms with Crippen molar-refractivity contribution < 1.29 is 4.74 Å². The Kier molecular flexibility index (Phi) is 16.3. The summed E-state index contributed by atoms with van der Waals surface area (Å²) in [6.45, 7) is 5.39. The third kappa shape index (κ3) is 13.3. The molecule has 218 valence electrons. The fourth-order valence-corrected chi connectivity index (χ4v) is 6.20. The van der Waals surface area contributed by atoms with Gasteiger partial charge in [0.25, 0.3) is 0 Å². The number of aromatic nitrogens is 2. The summed E-state index contributed by atoms with van der Waals surface area (Å²) in [6.07, 6.45) is 32.8. The quantitative estimate of drug-likeness (QED) is 0.149. The molecule has 0 atom stereocenters. The first-order valence-corrected chi connectivity index (χ1v) is 16.8. The average Bonchev–Trinajstić information content (AvgIpc) is 2.98. The van der Waals surface area contributed by atoms with Gasteiger partial charge < -0.3 is 4.74 Å². The minimum Gasteiger partial charge on any atom is -0.494 e. The summed E-state index contributed by atoms with van der Waals surface area (Å²) in [4.78, 5) is 9.24. The highest BCUT2D eigenvalue weighted by Gasteiger charge is 2.20. The van der Waals surface area contributed by atoms with Gasteiger partial charge >= 0.3 is 0 Å². The van der Waals surface area contributed by atoms with Gasteiger partial charge in [0.1, 0.15) is 5.75 Å². The molecule has 0 saturated heterocycles. The molecule has 0 spiro atoms. The van der Waals surface area contributed by atoms with E-state index in [1.807, 2.05) is 12.4 Å². The van der Waals surface area contributed by atoms with Gasteiger partial charge in [0.2, 0.25) is 0 Å². The van der Waals surface area contributed by atoms with Crippen molar-refractivity contribution >= 4 is 0 Å². The van der Waals surface area contributed by atoms with Crippen molar-refractivity contribution in [2.45, 2.75) is 149 Å². The number of aryl methyl sites for hydroxylation is 1. The van der Waals surface area contributed by atoms with Crippen LogP contribution in [0.2, 0.25) is 0 Å². The molecule has 1 aliphatic rings. The number of hydrogen-bond donors (Lipinski definition) is 0. The summed E-state index contributed by atoms with van der Waals surface area (Å²) >= 11 is 0. The molecule has 0 radical (unpaired) electrons. The Balaban J connectivity index is 1.23. The largest absolute Gasteiger partial charge is 0.494 e. The van der Waals surface area contributed by atoms with E-state index in [2.05, 4.69) is 48.1 Å². The first-order valence-electron chi connectivity index (χ1n) is 16.8. The van der Waals surface area contributed by atoms with Crippen LogP contribution in [0.25, 0.3) is 11.4 Å². The van der Waals surface area contributed by atoms with Crippen LogP contribution in [0.4, 0.5) is 0 Å². The van der Waals surface area contributed by atoms with Crippen LogP contribution in [-0.4, -0.2) is 16.6 Å². The van der Waals surface area contributed by atoms with E-state index in [9.17, 15) is 0 Å². The van der Waals surface area contributed by atoms with Crippen molar-refractivity contribution in [3.8, 4) is 17.1 Å². The summed E-state index contributed by atoms with van der Waals surface area (Å²) in [5, 5.41) is 0. The molecule has 0 amide bonds. The number of unbranched alkanes of at least 4 members (excludes halogenated alkanes) is 11. The zero-order valence-electron chi connectivity index (χ0n) is 25.5. The fraction of sp³-hybridized carbons (Fsp3) is 0.722. The molecular weight excluding hydrogens is 476 g/mol. The van der Waals surface area contributed by atoms with E-state index >= 15 is 0 Å². The van der Waals surface area contributed by atoms with Crippen molar-refractivity contribution in [3.05, 3.63) is 42.2 Å². The van der Waals surface area contributed by atoms with Gasteiger partial charge in [0.15, 0.2) is 5.82 Å². The molecule has 0 N–H and O–H groups in total. The van der Waals surface area contributed by atoms with E-state index in [1.54, 1.807) is 0 Å². The smallest absolute Gasteiger partial charge is 0.159 e. The van der Waals surface area contributed by atoms with Gasteiger partial charge in [-0.3, -0.25) is 0 Å². The van der Waals surface area contributed by atoms with Crippen molar-refractivity contribution in [3.63, 3.8) is 0 Å². The lowest BCUT2D eigenvalue weighted by Crippen LogP contribution is -2.15. The lowest BCUT2D eigenvalue weighted by Gasteiger charge is -2.28. The molecule has 3 heteroatoms. The van der Waals surface area contributed by atoms with Crippen LogP contribution in [0.15, 0.2) is 36.7 Å². The summed E-state index contributed by atoms with van der Waals surface area (Å²) in [7, 11) is 0. The van der Waals surface area contributed by atoms with Gasteiger partial charge in [0.05, 0.1) is 6.61 Å². The lowest BCUT2D eigenvalue weighted by atomic mass is 9.78. The number of benzene rings is 1. The maximum atomic E-state index is 6.07. The second kappa shape index (κ2) is 20.0. The summed E-state index contributed by atoms with van der Waals surface area (Å²) in [5.41, 5.74) is 2.30. The van der Waals surface area contributed by atoms with Gasteiger partial charge in [-0.15, -0.1) is 0 Å². The zero-order chi connectivity index (χ0) is 27.4. The first kappa shape index (κ1) is 31.6. The van der Waals surface area contributed by atoms with Gasteiger partial charge in [-0.2, -0.15) is 0 Å². The van der Waals surface area contributed by atoms with Crippen LogP contribution in [0, 0.1) is 11.8 Å². The van der Waals surface area contributed by atoms with E-state index < -0.39 is 0 Å². The third-order valence-corrected chi connectivity index (χ3v) is 8.84. The summed E-state index contributed by atoms with van der Waals surface area (Å²) in [6, 6.07) is 8.31. The minimum atomic E-state index is 0.802. The zero-order valence-corrected chi connectivity index (χ0v) is 25.5. The van der Waals surface area contributed by atoms with Crippen molar-refractivity contribution in [2.75, 3.05) is 6.61 Å². The van der Waals surface area contributed by atoms with E-state index in [-0.39, 0.29) is 0 Å². The van der Waals surface area contributed by atoms with E-state index in [0.29, 0.717) is 0 Å². The number of nitrogens with zero attached hydrogens (tertiary/aromatic N) is 2. The third-order valence-electron chi connectivity index (χ3n) is 8.84. The maximum Gasteiger partial charge on any atom is 0.159 e. The molecule has 1 aromatic heterocycles. The highest BCUT2D eigenvalue weighted by atomic mass is 16.5. The molecule has 1 heterocycles. The molecule has 2 aromatic rings. The molecule has 3 nitrogen and oxygen atoms in total. The average molecular weight is 535 g/mol. The standard InChI is InChI=1S/C36H58N2O/c1-3-5-7-9-11-13-14-17-31-20-22-32(23-21-31)19-16-28-39-35-26-24-34(25-27-35)36-37-29-33(30-38-36)18-15-12-10-8-6-4-2/h24-27,29-32H,3-23,28H2,1-2H3/t31-,32-. The topological polar surface area (TPSA) is 35.0 Å². The Hall–Kier alpha value is -1.90. The minimum absolute atomic E-state index is 0.802. The fourth-order valence-electron chi connectivity index (χ4n) is 6.20. The molecule has 1 aliphatic carbocycles. The van der Waals surface area contributed by atoms with Gasteiger partial charge in [-0.05, 0) is 67.3 Å². The van der Waals surface area contributed by atoms with Gasteiger partial charge in [0, 0.05) is 18.0 Å². The molecule has 3 rings (SSSR count). The van der Waals surface area contributed by atoms with Crippen molar-refractivity contribution in [1.29, 1.82) is 0 Å².